The number of hydrogen-bond acceptors (Lipinski definition) is 8. The second kappa shape index (κ2) is 10.8. The van der Waals surface area contributed by atoms with Gasteiger partial charge in [0.1, 0.15) is 17.9 Å². The van der Waals surface area contributed by atoms with Gasteiger partial charge < -0.3 is 9.84 Å². The van der Waals surface area contributed by atoms with Crippen molar-refractivity contribution >= 4 is 26.7 Å². The number of aromatic nitrogens is 2. The Morgan fingerprint density at radius 3 is 2.79 bits per heavy atom. The number of fused-ring (bicyclic) bond motifs is 1. The number of sulfonamides is 1. The third-order valence-corrected chi connectivity index (χ3v) is 8.80. The van der Waals surface area contributed by atoms with Crippen LogP contribution in [0.15, 0.2) is 65.6 Å². The average Bonchev–Trinajstić information content (AvgIpc) is 3.38. The third-order valence-electron chi connectivity index (χ3n) is 6.76. The fourth-order valence-electron chi connectivity index (χ4n) is 4.71. The lowest BCUT2D eigenvalue weighted by Gasteiger charge is -2.49. The predicted octanol–water partition coefficient (Wildman–Crippen LogP) is 4.91. The number of alkyl halides is 3. The molecular formula is C24H26F4N4O4S2. The summed E-state index contributed by atoms with van der Waals surface area (Å²) in [6.45, 7) is 5.02. The summed E-state index contributed by atoms with van der Waals surface area (Å²) in [5.74, 6) is -0.360. The molecule has 14 heteroatoms. The number of allylic oxidation sites excluding steroid dienone is 4. The number of likely N-dealkylation sites (tertiary alicyclic amines) is 1. The first-order chi connectivity index (χ1) is 17.8. The van der Waals surface area contributed by atoms with Gasteiger partial charge in [0.2, 0.25) is 5.13 Å². The number of ether oxygens (including phenoxy) is 1. The van der Waals surface area contributed by atoms with Crippen molar-refractivity contribution in [1.82, 2.24) is 14.3 Å². The van der Waals surface area contributed by atoms with Crippen LogP contribution in [0.4, 0.5) is 22.7 Å². The van der Waals surface area contributed by atoms with E-state index < -0.39 is 52.6 Å². The van der Waals surface area contributed by atoms with Crippen LogP contribution in [0.1, 0.15) is 37.8 Å². The first kappa shape index (κ1) is 28.2. The Hall–Kier alpha value is -2.81. The number of halogens is 4. The molecule has 3 atom stereocenters. The predicted molar refractivity (Wildman–Crippen MR) is 134 cm³/mol. The van der Waals surface area contributed by atoms with Crippen molar-refractivity contribution in [3.63, 3.8) is 0 Å². The highest BCUT2D eigenvalue weighted by Gasteiger charge is 2.57. The van der Waals surface area contributed by atoms with Crippen molar-refractivity contribution in [3.05, 3.63) is 66.3 Å². The Labute approximate surface area is 221 Å². The standard InChI is InChI=1S/C24H26F4N4O4S2/c1-3-16(25)5-4-15(2)20-13-23(33,24(26,27)28)9-10-32(20)19-8-11-36-21-12-17(6-7-18(19)21)38(34,35)31-22-29-14-30-37-22/h3-7,12,14,19-20,33H,1,8-11,13H2,2H3,(H,29,30,31)/b15-4+,16-5+/t19-,20+,23+/m1/s1. The minimum atomic E-state index is -4.84. The van der Waals surface area contributed by atoms with Gasteiger partial charge in [-0.25, -0.2) is 17.8 Å². The van der Waals surface area contributed by atoms with Crippen LogP contribution in [0.5, 0.6) is 5.75 Å². The lowest BCUT2D eigenvalue weighted by atomic mass is 9.81. The fraction of sp³-hybridized carbons (Fsp3) is 0.417. The van der Waals surface area contributed by atoms with E-state index in [0.717, 1.165) is 23.7 Å². The highest BCUT2D eigenvalue weighted by molar-refractivity contribution is 7.93. The normalized spacial score (nSPS) is 25.4. The van der Waals surface area contributed by atoms with E-state index in [2.05, 4.69) is 20.7 Å². The summed E-state index contributed by atoms with van der Waals surface area (Å²) in [6.07, 6.45) is -0.891. The van der Waals surface area contributed by atoms with Crippen molar-refractivity contribution in [2.45, 2.75) is 54.9 Å². The van der Waals surface area contributed by atoms with Crippen molar-refractivity contribution in [2.24, 2.45) is 0 Å². The second-order valence-electron chi connectivity index (χ2n) is 9.11. The van der Waals surface area contributed by atoms with Gasteiger partial charge in [-0.2, -0.15) is 17.5 Å². The van der Waals surface area contributed by atoms with Crippen LogP contribution in [0.3, 0.4) is 0 Å². The van der Waals surface area contributed by atoms with Gasteiger partial charge in [0.05, 0.1) is 11.5 Å². The number of nitrogens with one attached hydrogen (secondary N) is 1. The molecule has 0 saturated carbocycles. The van der Waals surface area contributed by atoms with Crippen LogP contribution in [-0.4, -0.2) is 58.8 Å². The molecule has 206 valence electrons. The highest BCUT2D eigenvalue weighted by atomic mass is 32.2. The van der Waals surface area contributed by atoms with Crippen molar-refractivity contribution in [2.75, 3.05) is 17.9 Å². The summed E-state index contributed by atoms with van der Waals surface area (Å²) < 4.78 is 92.4. The quantitative estimate of drug-likeness (QED) is 0.358. The molecule has 0 unspecified atom stereocenters. The van der Waals surface area contributed by atoms with E-state index in [0.29, 0.717) is 17.6 Å². The second-order valence-corrected chi connectivity index (χ2v) is 11.6. The first-order valence-electron chi connectivity index (χ1n) is 11.6. The molecule has 2 aliphatic rings. The van der Waals surface area contributed by atoms with Gasteiger partial charge in [-0.1, -0.05) is 24.3 Å². The van der Waals surface area contributed by atoms with E-state index in [1.54, 1.807) is 13.0 Å². The van der Waals surface area contributed by atoms with Gasteiger partial charge in [0.25, 0.3) is 10.0 Å². The number of rotatable bonds is 7. The van der Waals surface area contributed by atoms with Crippen molar-refractivity contribution in [3.8, 4) is 5.75 Å². The van der Waals surface area contributed by atoms with E-state index in [4.69, 9.17) is 4.74 Å². The summed E-state index contributed by atoms with van der Waals surface area (Å²) in [4.78, 5) is 5.57. The Morgan fingerprint density at radius 1 is 1.37 bits per heavy atom. The monoisotopic (exact) mass is 574 g/mol. The molecule has 0 spiro atoms. The molecule has 0 radical (unpaired) electrons. The molecule has 3 heterocycles. The van der Waals surface area contributed by atoms with E-state index in [9.17, 15) is 31.1 Å². The van der Waals surface area contributed by atoms with Crippen LogP contribution in [-0.2, 0) is 10.0 Å². The maximum Gasteiger partial charge on any atom is 0.417 e. The van der Waals surface area contributed by atoms with Gasteiger partial charge in [0, 0.05) is 54.6 Å². The van der Waals surface area contributed by atoms with Crippen molar-refractivity contribution in [1.29, 1.82) is 0 Å². The Kier molecular flexibility index (Phi) is 7.98. The van der Waals surface area contributed by atoms with E-state index in [1.807, 2.05) is 4.90 Å². The van der Waals surface area contributed by atoms with Crippen LogP contribution >= 0.6 is 11.5 Å². The maximum atomic E-state index is 13.8. The summed E-state index contributed by atoms with van der Waals surface area (Å²) in [5.41, 5.74) is -1.86. The fourth-order valence-corrected chi connectivity index (χ4v) is 6.38. The molecular weight excluding hydrogens is 548 g/mol. The zero-order valence-corrected chi connectivity index (χ0v) is 21.9. The largest absolute Gasteiger partial charge is 0.493 e. The molecule has 1 saturated heterocycles. The van der Waals surface area contributed by atoms with E-state index in [-0.39, 0.29) is 28.9 Å². The van der Waals surface area contributed by atoms with E-state index in [1.165, 1.54) is 24.5 Å². The van der Waals surface area contributed by atoms with Crippen LogP contribution in [0, 0.1) is 0 Å². The average molecular weight is 575 g/mol. The topological polar surface area (TPSA) is 105 Å². The molecule has 4 rings (SSSR count). The van der Waals surface area contributed by atoms with Gasteiger partial charge >= 0.3 is 6.18 Å². The number of anilines is 1. The van der Waals surface area contributed by atoms with Crippen LogP contribution in [0.2, 0.25) is 0 Å². The third kappa shape index (κ3) is 5.77. The molecule has 1 aromatic heterocycles. The van der Waals surface area contributed by atoms with Gasteiger partial charge in [-0.15, -0.1) is 0 Å². The minimum absolute atomic E-state index is 0.0742. The molecule has 2 N–H and O–H groups in total. The van der Waals surface area contributed by atoms with E-state index >= 15 is 0 Å². The smallest absolute Gasteiger partial charge is 0.417 e. The van der Waals surface area contributed by atoms with Crippen LogP contribution in [0.25, 0.3) is 0 Å². The number of piperidine rings is 1. The zero-order chi connectivity index (χ0) is 27.7. The molecule has 38 heavy (non-hydrogen) atoms. The number of nitrogens with zero attached hydrogens (tertiary/aromatic N) is 3. The zero-order valence-electron chi connectivity index (χ0n) is 20.3. The molecule has 1 fully saturated rings. The molecule has 0 aliphatic carbocycles. The van der Waals surface area contributed by atoms with Crippen LogP contribution < -0.4 is 9.46 Å². The summed E-state index contributed by atoms with van der Waals surface area (Å²) in [5, 5.41) is 10.6. The molecule has 1 aromatic carbocycles. The number of benzene rings is 1. The highest BCUT2D eigenvalue weighted by Crippen LogP contribution is 2.47. The van der Waals surface area contributed by atoms with Gasteiger partial charge in [-0.05, 0) is 31.6 Å². The Morgan fingerprint density at radius 2 is 2.13 bits per heavy atom. The summed E-state index contributed by atoms with van der Waals surface area (Å²) in [7, 11) is -3.99. The molecule has 0 amide bonds. The summed E-state index contributed by atoms with van der Waals surface area (Å²) >= 11 is 0.876. The Bertz CT molecular complexity index is 1350. The maximum absolute atomic E-state index is 13.8. The van der Waals surface area contributed by atoms with Gasteiger partial charge in [0.15, 0.2) is 5.60 Å². The molecule has 2 aromatic rings. The first-order valence-corrected chi connectivity index (χ1v) is 13.9. The minimum Gasteiger partial charge on any atom is -0.493 e. The molecule has 2 aliphatic heterocycles. The Balaban J connectivity index is 1.68. The molecule has 8 nitrogen and oxygen atoms in total. The SMILES string of the molecule is C=C/C(F)=C\C=C(/C)[C@@H]1C[C@](O)(C(F)(F)F)CCN1[C@@H]1CCOc2cc(S(=O)(=O)Nc3ncns3)ccc21. The summed E-state index contributed by atoms with van der Waals surface area (Å²) in [6, 6.07) is 3.03. The van der Waals surface area contributed by atoms with Crippen molar-refractivity contribution < 1.29 is 35.8 Å². The lowest BCUT2D eigenvalue weighted by molar-refractivity contribution is -0.277. The molecule has 0 bridgehead atoms. The lowest BCUT2D eigenvalue weighted by Crippen LogP contribution is -2.58. The number of hydrogen-bond donors (Lipinski definition) is 2. The number of aliphatic hydroxyl groups is 1. The van der Waals surface area contributed by atoms with Gasteiger partial charge in [-0.3, -0.25) is 9.62 Å².